The highest BCUT2D eigenvalue weighted by Gasteiger charge is 2.15. The van der Waals surface area contributed by atoms with Crippen molar-refractivity contribution in [2.24, 2.45) is 5.92 Å². The summed E-state index contributed by atoms with van der Waals surface area (Å²) in [5.41, 5.74) is 1.32. The van der Waals surface area contributed by atoms with Gasteiger partial charge in [0, 0.05) is 6.42 Å². The molecule has 1 rings (SSSR count). The molecular formula is C14H20O2. The van der Waals surface area contributed by atoms with Crippen LogP contribution in [0.4, 0.5) is 0 Å². The first kappa shape index (κ1) is 12.8. The van der Waals surface area contributed by atoms with Crippen molar-refractivity contribution in [3.05, 3.63) is 35.9 Å². The molecule has 2 nitrogen and oxygen atoms in total. The number of carboxylic acid groups (broad SMARTS) is 1. The van der Waals surface area contributed by atoms with Gasteiger partial charge in [-0.1, -0.05) is 44.2 Å². The first-order valence-electron chi connectivity index (χ1n) is 5.88. The molecule has 1 aromatic rings. The van der Waals surface area contributed by atoms with Gasteiger partial charge in [0.05, 0.1) is 0 Å². The summed E-state index contributed by atoms with van der Waals surface area (Å²) in [6.07, 6.45) is 1.98. The molecular weight excluding hydrogens is 200 g/mol. The third-order valence-corrected chi connectivity index (χ3v) is 2.94. The van der Waals surface area contributed by atoms with Crippen LogP contribution in [0.2, 0.25) is 0 Å². The summed E-state index contributed by atoms with van der Waals surface area (Å²) in [6, 6.07) is 10.4. The van der Waals surface area contributed by atoms with Crippen LogP contribution < -0.4 is 0 Å². The molecule has 16 heavy (non-hydrogen) atoms. The molecule has 88 valence electrons. The van der Waals surface area contributed by atoms with E-state index >= 15 is 0 Å². The predicted molar refractivity (Wildman–Crippen MR) is 65.5 cm³/mol. The maximum atomic E-state index is 10.5. The highest BCUT2D eigenvalue weighted by Crippen LogP contribution is 2.29. The van der Waals surface area contributed by atoms with Gasteiger partial charge in [-0.25, -0.2) is 0 Å². The smallest absolute Gasteiger partial charge is 0.303 e. The summed E-state index contributed by atoms with van der Waals surface area (Å²) >= 11 is 0. The van der Waals surface area contributed by atoms with Gasteiger partial charge in [0.1, 0.15) is 0 Å². The Kier molecular flexibility index (Phi) is 5.03. The molecule has 2 heteroatoms. The molecule has 1 N–H and O–H groups in total. The van der Waals surface area contributed by atoms with E-state index in [-0.39, 0.29) is 6.42 Å². The van der Waals surface area contributed by atoms with Crippen LogP contribution in [-0.4, -0.2) is 11.1 Å². The maximum Gasteiger partial charge on any atom is 0.303 e. The van der Waals surface area contributed by atoms with Gasteiger partial charge >= 0.3 is 5.97 Å². The van der Waals surface area contributed by atoms with Crippen LogP contribution in [0, 0.1) is 5.92 Å². The number of hydrogen-bond acceptors (Lipinski definition) is 1. The molecule has 0 aliphatic rings. The fourth-order valence-electron chi connectivity index (χ4n) is 2.06. The predicted octanol–water partition coefficient (Wildman–Crippen LogP) is 3.68. The molecule has 0 aliphatic heterocycles. The fourth-order valence-corrected chi connectivity index (χ4v) is 2.06. The molecule has 0 heterocycles. The Hall–Kier alpha value is -1.31. The van der Waals surface area contributed by atoms with Crippen molar-refractivity contribution in [2.75, 3.05) is 0 Å². The van der Waals surface area contributed by atoms with Crippen molar-refractivity contribution in [2.45, 2.75) is 39.0 Å². The lowest BCUT2D eigenvalue weighted by Crippen LogP contribution is -2.07. The molecule has 1 unspecified atom stereocenters. The first-order chi connectivity index (χ1) is 7.61. The van der Waals surface area contributed by atoms with Crippen LogP contribution >= 0.6 is 0 Å². The van der Waals surface area contributed by atoms with E-state index in [2.05, 4.69) is 26.0 Å². The van der Waals surface area contributed by atoms with Gasteiger partial charge in [-0.05, 0) is 30.2 Å². The Labute approximate surface area is 97.3 Å². The standard InChI is InChI=1S/C14H20O2/c1-11(2)13(9-6-10-14(15)16)12-7-4-3-5-8-12/h3-5,7-8,11,13H,6,9-10H2,1-2H3,(H,15,16). The highest BCUT2D eigenvalue weighted by molar-refractivity contribution is 5.66. The highest BCUT2D eigenvalue weighted by atomic mass is 16.4. The minimum atomic E-state index is -0.699. The zero-order valence-electron chi connectivity index (χ0n) is 10.0. The zero-order valence-corrected chi connectivity index (χ0v) is 10.0. The molecule has 0 saturated carbocycles. The Bertz CT molecular complexity index is 317. The van der Waals surface area contributed by atoms with Crippen molar-refractivity contribution < 1.29 is 9.90 Å². The van der Waals surface area contributed by atoms with Crippen molar-refractivity contribution in [3.63, 3.8) is 0 Å². The number of rotatable bonds is 6. The number of carboxylic acids is 1. The van der Waals surface area contributed by atoms with Gasteiger partial charge < -0.3 is 5.11 Å². The molecule has 0 amide bonds. The van der Waals surface area contributed by atoms with E-state index in [4.69, 9.17) is 5.11 Å². The largest absolute Gasteiger partial charge is 0.481 e. The second kappa shape index (κ2) is 6.31. The molecule has 1 aromatic carbocycles. The van der Waals surface area contributed by atoms with Crippen molar-refractivity contribution >= 4 is 5.97 Å². The van der Waals surface area contributed by atoms with E-state index in [0.717, 1.165) is 12.8 Å². The lowest BCUT2D eigenvalue weighted by atomic mass is 9.84. The van der Waals surface area contributed by atoms with Crippen LogP contribution in [-0.2, 0) is 4.79 Å². The van der Waals surface area contributed by atoms with Crippen molar-refractivity contribution in [1.29, 1.82) is 0 Å². The van der Waals surface area contributed by atoms with E-state index in [1.165, 1.54) is 5.56 Å². The topological polar surface area (TPSA) is 37.3 Å². The Morgan fingerprint density at radius 1 is 1.25 bits per heavy atom. The third-order valence-electron chi connectivity index (χ3n) is 2.94. The Balaban J connectivity index is 2.58. The molecule has 1 atom stereocenters. The van der Waals surface area contributed by atoms with Gasteiger partial charge in [0.25, 0.3) is 0 Å². The SMILES string of the molecule is CC(C)C(CCCC(=O)O)c1ccccc1. The summed E-state index contributed by atoms with van der Waals surface area (Å²) in [5.74, 6) is 0.326. The molecule has 0 fully saturated rings. The quantitative estimate of drug-likeness (QED) is 0.794. The van der Waals surface area contributed by atoms with E-state index in [0.29, 0.717) is 11.8 Å². The van der Waals surface area contributed by atoms with Gasteiger partial charge in [-0.2, -0.15) is 0 Å². The summed E-state index contributed by atoms with van der Waals surface area (Å²) in [4.78, 5) is 10.5. The second-order valence-electron chi connectivity index (χ2n) is 4.55. The van der Waals surface area contributed by atoms with E-state index in [9.17, 15) is 4.79 Å². The Morgan fingerprint density at radius 3 is 2.38 bits per heavy atom. The zero-order chi connectivity index (χ0) is 12.0. The van der Waals surface area contributed by atoms with Crippen molar-refractivity contribution in [1.82, 2.24) is 0 Å². The van der Waals surface area contributed by atoms with Crippen molar-refractivity contribution in [3.8, 4) is 0 Å². The minimum Gasteiger partial charge on any atom is -0.481 e. The summed E-state index contributed by atoms with van der Waals surface area (Å²) in [6.45, 7) is 4.39. The van der Waals surface area contributed by atoms with Crippen LogP contribution in [0.1, 0.15) is 44.6 Å². The number of benzene rings is 1. The fraction of sp³-hybridized carbons (Fsp3) is 0.500. The number of carbonyl (C=O) groups is 1. The van der Waals surface area contributed by atoms with Gasteiger partial charge in [0.2, 0.25) is 0 Å². The van der Waals surface area contributed by atoms with Gasteiger partial charge in [-0.3, -0.25) is 4.79 Å². The monoisotopic (exact) mass is 220 g/mol. The summed E-state index contributed by atoms with van der Waals surface area (Å²) in [5, 5.41) is 8.64. The molecule has 0 aliphatic carbocycles. The van der Waals surface area contributed by atoms with E-state index in [1.807, 2.05) is 18.2 Å². The van der Waals surface area contributed by atoms with E-state index in [1.54, 1.807) is 0 Å². The second-order valence-corrected chi connectivity index (χ2v) is 4.55. The lowest BCUT2D eigenvalue weighted by Gasteiger charge is -2.21. The summed E-state index contributed by atoms with van der Waals surface area (Å²) < 4.78 is 0. The molecule has 0 saturated heterocycles. The van der Waals surface area contributed by atoms with Crippen LogP contribution in [0.3, 0.4) is 0 Å². The van der Waals surface area contributed by atoms with Crippen LogP contribution in [0.5, 0.6) is 0 Å². The average Bonchev–Trinajstić information content (AvgIpc) is 2.25. The molecule has 0 spiro atoms. The maximum absolute atomic E-state index is 10.5. The van der Waals surface area contributed by atoms with Crippen LogP contribution in [0.25, 0.3) is 0 Å². The van der Waals surface area contributed by atoms with Crippen LogP contribution in [0.15, 0.2) is 30.3 Å². The third kappa shape index (κ3) is 4.05. The average molecular weight is 220 g/mol. The normalized spacial score (nSPS) is 12.7. The van der Waals surface area contributed by atoms with Gasteiger partial charge in [-0.15, -0.1) is 0 Å². The minimum absolute atomic E-state index is 0.274. The molecule has 0 radical (unpaired) electrons. The number of hydrogen-bond donors (Lipinski definition) is 1. The number of aliphatic carboxylic acids is 1. The Morgan fingerprint density at radius 2 is 1.88 bits per heavy atom. The summed E-state index contributed by atoms with van der Waals surface area (Å²) in [7, 11) is 0. The van der Waals surface area contributed by atoms with E-state index < -0.39 is 5.97 Å². The lowest BCUT2D eigenvalue weighted by molar-refractivity contribution is -0.137. The molecule has 0 aromatic heterocycles. The van der Waals surface area contributed by atoms with Gasteiger partial charge in [0.15, 0.2) is 0 Å². The first-order valence-corrected chi connectivity index (χ1v) is 5.88. The molecule has 0 bridgehead atoms.